The third-order valence-electron chi connectivity index (χ3n) is 2.46. The molecule has 98 valence electrons. The van der Waals surface area contributed by atoms with E-state index in [0.29, 0.717) is 18.1 Å². The van der Waals surface area contributed by atoms with Gasteiger partial charge in [-0.3, -0.25) is 4.79 Å². The molecule has 2 aromatic rings. The number of benzene rings is 1. The van der Waals surface area contributed by atoms with E-state index in [1.54, 1.807) is 0 Å². The highest BCUT2D eigenvalue weighted by Crippen LogP contribution is 2.29. The molecule has 0 aliphatic carbocycles. The molecule has 1 heterocycles. The Labute approximate surface area is 110 Å². The summed E-state index contributed by atoms with van der Waals surface area (Å²) < 4.78 is 5.51. The normalized spacial score (nSPS) is 10.2. The van der Waals surface area contributed by atoms with Crippen molar-refractivity contribution in [2.45, 2.75) is 6.92 Å². The highest BCUT2D eigenvalue weighted by molar-refractivity contribution is 5.92. The lowest BCUT2D eigenvalue weighted by Crippen LogP contribution is -2.15. The van der Waals surface area contributed by atoms with Gasteiger partial charge in [-0.1, -0.05) is 12.1 Å². The number of hydrogen-bond donors (Lipinski definition) is 2. The Morgan fingerprint density at radius 3 is 2.74 bits per heavy atom. The zero-order chi connectivity index (χ0) is 13.8. The van der Waals surface area contributed by atoms with Crippen molar-refractivity contribution in [1.29, 1.82) is 0 Å². The number of carbonyl (C=O) groups excluding carboxylic acids is 1. The zero-order valence-electron chi connectivity index (χ0n) is 10.5. The predicted octanol–water partition coefficient (Wildman–Crippen LogP) is 1.22. The summed E-state index contributed by atoms with van der Waals surface area (Å²) >= 11 is 0. The van der Waals surface area contributed by atoms with Crippen molar-refractivity contribution in [1.82, 2.24) is 9.97 Å². The molecule has 1 aromatic carbocycles. The summed E-state index contributed by atoms with van der Waals surface area (Å²) in [5.41, 5.74) is 12.1. The predicted molar refractivity (Wildman–Crippen MR) is 71.6 cm³/mol. The first kappa shape index (κ1) is 12.8. The molecule has 0 unspecified atom stereocenters. The largest absolute Gasteiger partial charge is 0.493 e. The number of para-hydroxylation sites is 1. The van der Waals surface area contributed by atoms with E-state index < -0.39 is 5.91 Å². The third-order valence-corrected chi connectivity index (χ3v) is 2.46. The van der Waals surface area contributed by atoms with Gasteiger partial charge in [0.05, 0.1) is 12.3 Å². The second kappa shape index (κ2) is 5.34. The summed E-state index contributed by atoms with van der Waals surface area (Å²) in [6.07, 6.45) is 0. The molecule has 4 N–H and O–H groups in total. The SMILES string of the molecule is CCOc1ccccc1-c1cc(C(N)=O)nc(N)n1. The number of carbonyl (C=O) groups is 1. The number of aromatic nitrogens is 2. The van der Waals surface area contributed by atoms with E-state index in [-0.39, 0.29) is 11.6 Å². The van der Waals surface area contributed by atoms with Crippen molar-refractivity contribution >= 4 is 11.9 Å². The first-order chi connectivity index (χ1) is 9.11. The van der Waals surface area contributed by atoms with Crippen molar-refractivity contribution in [3.8, 4) is 17.0 Å². The number of anilines is 1. The van der Waals surface area contributed by atoms with Crippen molar-refractivity contribution in [2.24, 2.45) is 5.73 Å². The maximum absolute atomic E-state index is 11.2. The minimum absolute atomic E-state index is 0.00222. The molecule has 1 aromatic heterocycles. The Balaban J connectivity index is 2.55. The molecule has 6 heteroatoms. The number of nitrogens with zero attached hydrogens (tertiary/aromatic N) is 2. The Morgan fingerprint density at radius 1 is 1.32 bits per heavy atom. The van der Waals surface area contributed by atoms with Crippen LogP contribution in [0.15, 0.2) is 30.3 Å². The van der Waals surface area contributed by atoms with E-state index in [1.807, 2.05) is 31.2 Å². The molecule has 0 bridgehead atoms. The average Bonchev–Trinajstić information content (AvgIpc) is 2.39. The minimum Gasteiger partial charge on any atom is -0.493 e. The lowest BCUT2D eigenvalue weighted by atomic mass is 10.1. The van der Waals surface area contributed by atoms with Crippen LogP contribution in [0.25, 0.3) is 11.3 Å². The second-order valence-electron chi connectivity index (χ2n) is 3.79. The van der Waals surface area contributed by atoms with Gasteiger partial charge in [0.25, 0.3) is 5.91 Å². The van der Waals surface area contributed by atoms with Crippen LogP contribution in [-0.2, 0) is 0 Å². The summed E-state index contributed by atoms with van der Waals surface area (Å²) in [6.45, 7) is 2.42. The van der Waals surface area contributed by atoms with Crippen LogP contribution in [0.5, 0.6) is 5.75 Å². The first-order valence-corrected chi connectivity index (χ1v) is 5.78. The molecular formula is C13H14N4O2. The standard InChI is InChI=1S/C13H14N4O2/c1-2-19-11-6-4-3-5-8(11)9-7-10(12(14)18)17-13(15)16-9/h3-7H,2H2,1H3,(H2,14,18)(H2,15,16,17). The molecule has 1 amide bonds. The van der Waals surface area contributed by atoms with Gasteiger partial charge in [0, 0.05) is 5.56 Å². The Morgan fingerprint density at radius 2 is 2.05 bits per heavy atom. The van der Waals surface area contributed by atoms with Gasteiger partial charge < -0.3 is 16.2 Å². The fourth-order valence-corrected chi connectivity index (χ4v) is 1.69. The second-order valence-corrected chi connectivity index (χ2v) is 3.79. The monoisotopic (exact) mass is 258 g/mol. The number of ether oxygens (including phenoxy) is 1. The van der Waals surface area contributed by atoms with Gasteiger partial charge in [-0.05, 0) is 25.1 Å². The Hall–Kier alpha value is -2.63. The van der Waals surface area contributed by atoms with Gasteiger partial charge in [0.2, 0.25) is 5.95 Å². The lowest BCUT2D eigenvalue weighted by Gasteiger charge is -2.10. The number of amides is 1. The maximum Gasteiger partial charge on any atom is 0.267 e. The van der Waals surface area contributed by atoms with E-state index in [2.05, 4.69) is 9.97 Å². The van der Waals surface area contributed by atoms with Crippen molar-refractivity contribution in [3.05, 3.63) is 36.0 Å². The first-order valence-electron chi connectivity index (χ1n) is 5.78. The fourth-order valence-electron chi connectivity index (χ4n) is 1.69. The average molecular weight is 258 g/mol. The van der Waals surface area contributed by atoms with E-state index in [1.165, 1.54) is 6.07 Å². The van der Waals surface area contributed by atoms with Crippen LogP contribution in [0, 0.1) is 0 Å². The van der Waals surface area contributed by atoms with Gasteiger partial charge in [0.1, 0.15) is 11.4 Å². The molecule has 2 rings (SSSR count). The van der Waals surface area contributed by atoms with Crippen LogP contribution in [-0.4, -0.2) is 22.5 Å². The Kier molecular flexibility index (Phi) is 3.61. The van der Waals surface area contributed by atoms with Crippen LogP contribution in [0.2, 0.25) is 0 Å². The van der Waals surface area contributed by atoms with E-state index in [0.717, 1.165) is 5.56 Å². The van der Waals surface area contributed by atoms with E-state index >= 15 is 0 Å². The van der Waals surface area contributed by atoms with Crippen LogP contribution in [0.4, 0.5) is 5.95 Å². The molecule has 0 spiro atoms. The molecule has 0 aliphatic heterocycles. The van der Waals surface area contributed by atoms with Crippen molar-refractivity contribution < 1.29 is 9.53 Å². The van der Waals surface area contributed by atoms with Crippen LogP contribution in [0.1, 0.15) is 17.4 Å². The summed E-state index contributed by atoms with van der Waals surface area (Å²) in [7, 11) is 0. The number of nitrogens with two attached hydrogens (primary N) is 2. The Bertz CT molecular complexity index is 613. The summed E-state index contributed by atoms with van der Waals surface area (Å²) in [4.78, 5) is 19.1. The highest BCUT2D eigenvalue weighted by Gasteiger charge is 2.12. The van der Waals surface area contributed by atoms with Gasteiger partial charge in [-0.25, -0.2) is 9.97 Å². The highest BCUT2D eigenvalue weighted by atomic mass is 16.5. The van der Waals surface area contributed by atoms with E-state index in [4.69, 9.17) is 16.2 Å². The number of rotatable bonds is 4. The molecule has 19 heavy (non-hydrogen) atoms. The lowest BCUT2D eigenvalue weighted by molar-refractivity contribution is 0.0995. The van der Waals surface area contributed by atoms with Gasteiger partial charge >= 0.3 is 0 Å². The molecule has 0 aliphatic rings. The van der Waals surface area contributed by atoms with Crippen molar-refractivity contribution in [2.75, 3.05) is 12.3 Å². The number of primary amides is 1. The van der Waals surface area contributed by atoms with E-state index in [9.17, 15) is 4.79 Å². The van der Waals surface area contributed by atoms with Crippen LogP contribution >= 0.6 is 0 Å². The van der Waals surface area contributed by atoms with Gasteiger partial charge in [-0.2, -0.15) is 0 Å². The maximum atomic E-state index is 11.2. The molecule has 0 atom stereocenters. The van der Waals surface area contributed by atoms with Crippen molar-refractivity contribution in [3.63, 3.8) is 0 Å². The smallest absolute Gasteiger partial charge is 0.267 e. The van der Waals surface area contributed by atoms with Gasteiger partial charge in [-0.15, -0.1) is 0 Å². The molecule has 0 fully saturated rings. The number of hydrogen-bond acceptors (Lipinski definition) is 5. The summed E-state index contributed by atoms with van der Waals surface area (Å²) in [5.74, 6) is 0.0142. The topological polar surface area (TPSA) is 104 Å². The zero-order valence-corrected chi connectivity index (χ0v) is 10.5. The summed E-state index contributed by atoms with van der Waals surface area (Å²) in [6, 6.07) is 8.85. The third kappa shape index (κ3) is 2.79. The van der Waals surface area contributed by atoms with Crippen LogP contribution in [0.3, 0.4) is 0 Å². The minimum atomic E-state index is -0.649. The molecule has 0 saturated heterocycles. The van der Waals surface area contributed by atoms with Gasteiger partial charge in [0.15, 0.2) is 0 Å². The molecule has 0 radical (unpaired) electrons. The fraction of sp³-hybridized carbons (Fsp3) is 0.154. The number of nitrogen functional groups attached to an aromatic ring is 1. The quantitative estimate of drug-likeness (QED) is 0.858. The molecule has 0 saturated carbocycles. The summed E-state index contributed by atoms with van der Waals surface area (Å²) in [5, 5.41) is 0. The molecule has 6 nitrogen and oxygen atoms in total. The van der Waals surface area contributed by atoms with Crippen LogP contribution < -0.4 is 16.2 Å². The molecular weight excluding hydrogens is 244 g/mol.